The predicted octanol–water partition coefficient (Wildman–Crippen LogP) is 1.18. The summed E-state index contributed by atoms with van der Waals surface area (Å²) >= 11 is 0. The van der Waals surface area contributed by atoms with Gasteiger partial charge in [-0.1, -0.05) is 6.92 Å². The molecule has 0 rings (SSSR count). The van der Waals surface area contributed by atoms with Crippen molar-refractivity contribution >= 4 is 16.8 Å². The average Bonchev–Trinajstić information content (AvgIpc) is 2.11. The van der Waals surface area contributed by atoms with Crippen molar-refractivity contribution in [2.75, 3.05) is 19.0 Å². The van der Waals surface area contributed by atoms with E-state index in [0.717, 1.165) is 0 Å². The molecule has 0 heterocycles. The Kier molecular flexibility index (Phi) is 6.58. The van der Waals surface area contributed by atoms with Crippen LogP contribution < -0.4 is 0 Å². The van der Waals surface area contributed by atoms with Crippen LogP contribution in [0.1, 0.15) is 13.3 Å². The Morgan fingerprint density at radius 1 is 1.50 bits per heavy atom. The van der Waals surface area contributed by atoms with Gasteiger partial charge in [0.1, 0.15) is 11.9 Å². The van der Waals surface area contributed by atoms with Crippen LogP contribution >= 0.6 is 0 Å². The quantitative estimate of drug-likeness (QED) is 0.700. The molecule has 0 aromatic rings. The molecular weight excluding hydrogens is 249 g/mol. The third-order valence-corrected chi connectivity index (χ3v) is 3.40. The van der Waals surface area contributed by atoms with E-state index in [4.69, 9.17) is 5.11 Å². The molecule has 2 atom stereocenters. The highest BCUT2D eigenvalue weighted by Crippen LogP contribution is 2.14. The second-order valence-electron chi connectivity index (χ2n) is 2.99. The van der Waals surface area contributed by atoms with E-state index in [2.05, 4.69) is 4.74 Å². The van der Waals surface area contributed by atoms with Crippen LogP contribution in [0, 0.1) is 0 Å². The zero-order valence-corrected chi connectivity index (χ0v) is 9.44. The largest absolute Gasteiger partial charge is 0.480 e. The van der Waals surface area contributed by atoms with Crippen LogP contribution in [0.3, 0.4) is 0 Å². The molecule has 0 saturated carbocycles. The number of hydrogen-bond acceptors (Lipinski definition) is 3. The fourth-order valence-corrected chi connectivity index (χ4v) is 2.11. The molecule has 0 saturated heterocycles. The van der Waals surface area contributed by atoms with Gasteiger partial charge in [-0.05, 0) is 6.42 Å². The van der Waals surface area contributed by atoms with Crippen molar-refractivity contribution in [1.29, 1.82) is 0 Å². The van der Waals surface area contributed by atoms with Crippen LogP contribution in [0.15, 0.2) is 0 Å². The number of carboxylic acid groups (broad SMARTS) is 1. The van der Waals surface area contributed by atoms with Gasteiger partial charge in [-0.3, -0.25) is 9.00 Å². The van der Waals surface area contributed by atoms with Crippen LogP contribution in [-0.4, -0.2) is 45.7 Å². The van der Waals surface area contributed by atoms with E-state index >= 15 is 0 Å². The molecule has 0 amide bonds. The molecule has 0 fully saturated rings. The number of carbonyl (C=O) groups is 1. The lowest BCUT2D eigenvalue weighted by Crippen LogP contribution is -2.28. The second kappa shape index (κ2) is 6.85. The average molecular weight is 262 g/mol. The maximum Gasteiger partial charge on any atom is 0.411 e. The van der Waals surface area contributed by atoms with Gasteiger partial charge in [-0.25, -0.2) is 0 Å². The highest BCUT2D eigenvalue weighted by atomic mass is 32.2. The van der Waals surface area contributed by atoms with Crippen molar-refractivity contribution in [3.8, 4) is 0 Å². The molecule has 2 unspecified atom stereocenters. The van der Waals surface area contributed by atoms with E-state index in [9.17, 15) is 22.2 Å². The van der Waals surface area contributed by atoms with Gasteiger partial charge in [0.25, 0.3) is 0 Å². The molecule has 0 spiro atoms. The van der Waals surface area contributed by atoms with E-state index in [1.165, 1.54) is 0 Å². The molecule has 4 nitrogen and oxygen atoms in total. The van der Waals surface area contributed by atoms with E-state index in [1.807, 2.05) is 0 Å². The van der Waals surface area contributed by atoms with Crippen LogP contribution in [-0.2, 0) is 20.3 Å². The number of halogens is 3. The first-order chi connectivity index (χ1) is 7.28. The predicted molar refractivity (Wildman–Crippen MR) is 51.6 cm³/mol. The molecule has 0 aromatic carbocycles. The van der Waals surface area contributed by atoms with Gasteiger partial charge in [0.15, 0.2) is 0 Å². The van der Waals surface area contributed by atoms with Crippen molar-refractivity contribution < 1.29 is 32.0 Å². The van der Waals surface area contributed by atoms with Gasteiger partial charge in [-0.2, -0.15) is 13.2 Å². The van der Waals surface area contributed by atoms with Gasteiger partial charge in [-0.15, -0.1) is 0 Å². The summed E-state index contributed by atoms with van der Waals surface area (Å²) in [5.41, 5.74) is 0. The fourth-order valence-electron chi connectivity index (χ4n) is 0.944. The van der Waals surface area contributed by atoms with Gasteiger partial charge in [0, 0.05) is 16.6 Å². The summed E-state index contributed by atoms with van der Waals surface area (Å²) in [5, 5.41) is 7.57. The zero-order chi connectivity index (χ0) is 12.8. The molecule has 0 aliphatic rings. The van der Waals surface area contributed by atoms with Crippen LogP contribution in [0.4, 0.5) is 13.2 Å². The number of rotatable bonds is 7. The number of carboxylic acids is 1. The third kappa shape index (κ3) is 6.78. The number of ether oxygens (including phenoxy) is 1. The molecule has 0 aliphatic carbocycles. The highest BCUT2D eigenvalue weighted by molar-refractivity contribution is 7.86. The molecule has 1 N–H and O–H groups in total. The summed E-state index contributed by atoms with van der Waals surface area (Å²) < 4.78 is 50.5. The van der Waals surface area contributed by atoms with Crippen LogP contribution in [0.5, 0.6) is 0 Å². The summed E-state index contributed by atoms with van der Waals surface area (Å²) in [6.07, 6.45) is -4.25. The summed E-state index contributed by atoms with van der Waals surface area (Å²) in [6.45, 7) is -0.225. The Balaban J connectivity index is 3.85. The van der Waals surface area contributed by atoms with Gasteiger partial charge >= 0.3 is 12.1 Å². The maximum absolute atomic E-state index is 11.6. The van der Waals surface area contributed by atoms with Crippen molar-refractivity contribution in [2.24, 2.45) is 0 Å². The van der Waals surface area contributed by atoms with Crippen molar-refractivity contribution in [2.45, 2.75) is 24.8 Å². The monoisotopic (exact) mass is 262 g/mol. The van der Waals surface area contributed by atoms with E-state index in [1.54, 1.807) is 6.92 Å². The standard InChI is InChI=1S/C8H13F3O4S/c1-2-6(7(12)13)16(14)4-3-15-5-8(9,10)11/h6H,2-5H2,1H3,(H,12,13). The van der Waals surface area contributed by atoms with Crippen LogP contribution in [0.25, 0.3) is 0 Å². The van der Waals surface area contributed by atoms with Gasteiger partial charge < -0.3 is 9.84 Å². The fraction of sp³-hybridized carbons (Fsp3) is 0.875. The summed E-state index contributed by atoms with van der Waals surface area (Å²) in [5.74, 6) is -1.42. The van der Waals surface area contributed by atoms with Gasteiger partial charge in [0.05, 0.1) is 6.61 Å². The molecule has 0 aliphatic heterocycles. The smallest absolute Gasteiger partial charge is 0.411 e. The van der Waals surface area contributed by atoms with E-state index in [0.29, 0.717) is 0 Å². The molecular formula is C8H13F3O4S. The first-order valence-electron chi connectivity index (χ1n) is 4.52. The minimum Gasteiger partial charge on any atom is -0.480 e. The summed E-state index contributed by atoms with van der Waals surface area (Å²) in [6, 6.07) is 0. The first kappa shape index (κ1) is 15.4. The SMILES string of the molecule is CCC(C(=O)O)S(=O)CCOCC(F)(F)F. The van der Waals surface area contributed by atoms with E-state index in [-0.39, 0.29) is 18.8 Å². The van der Waals surface area contributed by atoms with E-state index < -0.39 is 34.8 Å². The number of hydrogen-bond donors (Lipinski definition) is 1. The molecule has 8 heteroatoms. The third-order valence-electron chi connectivity index (χ3n) is 1.66. The Labute approximate surface area is 93.2 Å². The Morgan fingerprint density at radius 3 is 2.44 bits per heavy atom. The molecule has 0 radical (unpaired) electrons. The second-order valence-corrected chi connectivity index (χ2v) is 4.73. The minimum atomic E-state index is -4.42. The lowest BCUT2D eigenvalue weighted by Gasteiger charge is -2.10. The topological polar surface area (TPSA) is 63.6 Å². The van der Waals surface area contributed by atoms with Crippen molar-refractivity contribution in [1.82, 2.24) is 0 Å². The number of alkyl halides is 3. The lowest BCUT2D eigenvalue weighted by molar-refractivity contribution is -0.172. The summed E-state index contributed by atoms with van der Waals surface area (Å²) in [7, 11) is -1.71. The van der Waals surface area contributed by atoms with Crippen LogP contribution in [0.2, 0.25) is 0 Å². The molecule has 0 bridgehead atoms. The normalized spacial score (nSPS) is 15.8. The lowest BCUT2D eigenvalue weighted by atomic mass is 10.3. The maximum atomic E-state index is 11.6. The highest BCUT2D eigenvalue weighted by Gasteiger charge is 2.28. The minimum absolute atomic E-state index is 0.168. The Hall–Kier alpha value is -0.630. The Morgan fingerprint density at radius 2 is 2.06 bits per heavy atom. The zero-order valence-electron chi connectivity index (χ0n) is 8.62. The van der Waals surface area contributed by atoms with Crippen molar-refractivity contribution in [3.05, 3.63) is 0 Å². The first-order valence-corrected chi connectivity index (χ1v) is 5.90. The molecule has 0 aromatic heterocycles. The molecule has 16 heavy (non-hydrogen) atoms. The Bertz CT molecular complexity index is 254. The number of aliphatic carboxylic acids is 1. The van der Waals surface area contributed by atoms with Gasteiger partial charge in [0.2, 0.25) is 0 Å². The van der Waals surface area contributed by atoms with Crippen molar-refractivity contribution in [3.63, 3.8) is 0 Å². The molecule has 96 valence electrons. The summed E-state index contributed by atoms with van der Waals surface area (Å²) in [4.78, 5) is 10.6.